The Bertz CT molecular complexity index is 396. The van der Waals surface area contributed by atoms with E-state index in [1.54, 1.807) is 0 Å². The molecule has 112 valence electrons. The van der Waals surface area contributed by atoms with Crippen LogP contribution >= 0.6 is 11.6 Å². The maximum absolute atomic E-state index is 6.55. The van der Waals surface area contributed by atoms with Gasteiger partial charge >= 0.3 is 0 Å². The Morgan fingerprint density at radius 2 is 1.75 bits per heavy atom. The molecule has 0 amide bonds. The third kappa shape index (κ3) is 3.97. The van der Waals surface area contributed by atoms with Crippen molar-refractivity contribution in [2.45, 2.75) is 63.5 Å². The molecule has 1 atom stereocenters. The highest BCUT2D eigenvalue weighted by atomic mass is 35.5. The maximum Gasteiger partial charge on any atom is 0.0835 e. The Balaban J connectivity index is 2.09. The zero-order chi connectivity index (χ0) is 14.4. The summed E-state index contributed by atoms with van der Waals surface area (Å²) < 4.78 is 6.16. The first-order chi connectivity index (χ1) is 9.66. The van der Waals surface area contributed by atoms with Gasteiger partial charge in [-0.3, -0.25) is 0 Å². The summed E-state index contributed by atoms with van der Waals surface area (Å²) in [6, 6.07) is 8.06. The number of hydrogen-bond acceptors (Lipinski definition) is 2. The minimum Gasteiger partial charge on any atom is -0.374 e. The largest absolute Gasteiger partial charge is 0.374 e. The van der Waals surface area contributed by atoms with E-state index in [1.807, 2.05) is 12.1 Å². The van der Waals surface area contributed by atoms with Gasteiger partial charge in [-0.15, -0.1) is 0 Å². The Hall–Kier alpha value is -0.570. The molecular weight excluding hydrogens is 270 g/mol. The molecule has 1 aliphatic carbocycles. The summed E-state index contributed by atoms with van der Waals surface area (Å²) in [5.74, 6) is 0. The van der Waals surface area contributed by atoms with E-state index in [2.05, 4.69) is 19.1 Å². The van der Waals surface area contributed by atoms with E-state index in [0.29, 0.717) is 0 Å². The van der Waals surface area contributed by atoms with Gasteiger partial charge in [-0.05, 0) is 43.9 Å². The Kier molecular flexibility index (Phi) is 5.88. The number of halogens is 1. The van der Waals surface area contributed by atoms with Crippen LogP contribution in [0.5, 0.6) is 0 Å². The van der Waals surface area contributed by atoms with Crippen LogP contribution in [-0.2, 0) is 11.2 Å². The molecule has 0 saturated heterocycles. The SMILES string of the molecule is CCOC1(C(N)Cc2ccc(Cl)cc2)CCCCCC1. The van der Waals surface area contributed by atoms with Gasteiger partial charge in [0.05, 0.1) is 5.60 Å². The first-order valence-electron chi connectivity index (χ1n) is 7.80. The van der Waals surface area contributed by atoms with Crippen LogP contribution < -0.4 is 5.73 Å². The molecule has 3 heteroatoms. The monoisotopic (exact) mass is 295 g/mol. The van der Waals surface area contributed by atoms with Gasteiger partial charge in [-0.1, -0.05) is 49.4 Å². The Morgan fingerprint density at radius 1 is 1.15 bits per heavy atom. The molecule has 0 heterocycles. The number of rotatable bonds is 5. The zero-order valence-corrected chi connectivity index (χ0v) is 13.2. The van der Waals surface area contributed by atoms with Crippen molar-refractivity contribution in [3.05, 3.63) is 34.9 Å². The first-order valence-corrected chi connectivity index (χ1v) is 8.18. The third-order valence-corrected chi connectivity index (χ3v) is 4.68. The summed E-state index contributed by atoms with van der Waals surface area (Å²) in [6.45, 7) is 2.82. The minimum absolute atomic E-state index is 0.0572. The number of nitrogens with two attached hydrogens (primary N) is 1. The van der Waals surface area contributed by atoms with Crippen molar-refractivity contribution >= 4 is 11.6 Å². The summed E-state index contributed by atoms with van der Waals surface area (Å²) in [5, 5.41) is 0.774. The predicted octanol–water partition coefficient (Wildman–Crippen LogP) is 4.34. The molecular formula is C17H26ClNO. The second-order valence-electron chi connectivity index (χ2n) is 5.85. The Morgan fingerprint density at radius 3 is 2.30 bits per heavy atom. The third-order valence-electron chi connectivity index (χ3n) is 4.43. The van der Waals surface area contributed by atoms with E-state index in [1.165, 1.54) is 31.2 Å². The van der Waals surface area contributed by atoms with Crippen molar-refractivity contribution in [1.29, 1.82) is 0 Å². The molecule has 0 bridgehead atoms. The molecule has 1 unspecified atom stereocenters. The second-order valence-corrected chi connectivity index (χ2v) is 6.29. The van der Waals surface area contributed by atoms with E-state index in [4.69, 9.17) is 22.1 Å². The van der Waals surface area contributed by atoms with Crippen LogP contribution in [-0.4, -0.2) is 18.2 Å². The predicted molar refractivity (Wildman–Crippen MR) is 85.2 cm³/mol. The van der Waals surface area contributed by atoms with Crippen LogP contribution in [0.2, 0.25) is 5.02 Å². The highest BCUT2D eigenvalue weighted by Gasteiger charge is 2.37. The van der Waals surface area contributed by atoms with Crippen molar-refractivity contribution in [1.82, 2.24) is 0 Å². The normalized spacial score (nSPS) is 20.4. The van der Waals surface area contributed by atoms with Crippen molar-refractivity contribution < 1.29 is 4.74 Å². The maximum atomic E-state index is 6.55. The lowest BCUT2D eigenvalue weighted by Gasteiger charge is -2.38. The molecule has 1 aliphatic rings. The van der Waals surface area contributed by atoms with Gasteiger partial charge in [0.2, 0.25) is 0 Å². The van der Waals surface area contributed by atoms with Crippen LogP contribution in [0.15, 0.2) is 24.3 Å². The van der Waals surface area contributed by atoms with E-state index < -0.39 is 0 Å². The molecule has 0 aromatic heterocycles. The van der Waals surface area contributed by atoms with E-state index in [9.17, 15) is 0 Å². The smallest absolute Gasteiger partial charge is 0.0835 e. The summed E-state index contributed by atoms with van der Waals surface area (Å²) in [7, 11) is 0. The lowest BCUT2D eigenvalue weighted by molar-refractivity contribution is -0.0683. The number of hydrogen-bond donors (Lipinski definition) is 1. The Labute approximate surface area is 127 Å². The summed E-state index contributed by atoms with van der Waals surface area (Å²) in [4.78, 5) is 0. The number of ether oxygens (including phenoxy) is 1. The van der Waals surface area contributed by atoms with Gasteiger partial charge in [0.1, 0.15) is 0 Å². The van der Waals surface area contributed by atoms with Gasteiger partial charge in [0, 0.05) is 17.7 Å². The molecule has 2 N–H and O–H groups in total. The highest BCUT2D eigenvalue weighted by Crippen LogP contribution is 2.34. The topological polar surface area (TPSA) is 35.2 Å². The zero-order valence-electron chi connectivity index (χ0n) is 12.4. The van der Waals surface area contributed by atoms with Gasteiger partial charge in [0.25, 0.3) is 0 Å². The fourth-order valence-corrected chi connectivity index (χ4v) is 3.42. The molecule has 0 spiro atoms. The van der Waals surface area contributed by atoms with Crippen LogP contribution in [0.4, 0.5) is 0 Å². The fourth-order valence-electron chi connectivity index (χ4n) is 3.30. The minimum atomic E-state index is -0.134. The highest BCUT2D eigenvalue weighted by molar-refractivity contribution is 6.30. The van der Waals surface area contributed by atoms with Gasteiger partial charge in [-0.25, -0.2) is 0 Å². The lowest BCUT2D eigenvalue weighted by atomic mass is 9.83. The second kappa shape index (κ2) is 7.44. The number of benzene rings is 1. The standard InChI is InChI=1S/C17H26ClNO/c1-2-20-17(11-5-3-4-6-12-17)16(19)13-14-7-9-15(18)10-8-14/h7-10,16H,2-6,11-13,19H2,1H3. The van der Waals surface area contributed by atoms with E-state index in [0.717, 1.165) is 30.9 Å². The summed E-state index contributed by atoms with van der Waals surface area (Å²) >= 11 is 5.94. The van der Waals surface area contributed by atoms with Gasteiger partial charge < -0.3 is 10.5 Å². The molecule has 1 aromatic rings. The van der Waals surface area contributed by atoms with Crippen molar-refractivity contribution in [3.63, 3.8) is 0 Å². The van der Waals surface area contributed by atoms with Crippen LogP contribution in [0, 0.1) is 0 Å². The molecule has 0 radical (unpaired) electrons. The van der Waals surface area contributed by atoms with Gasteiger partial charge in [-0.2, -0.15) is 0 Å². The van der Waals surface area contributed by atoms with Crippen molar-refractivity contribution in [2.75, 3.05) is 6.61 Å². The summed E-state index contributed by atoms with van der Waals surface area (Å²) in [6.07, 6.45) is 8.12. The average molecular weight is 296 g/mol. The first kappa shape index (κ1) is 15.8. The van der Waals surface area contributed by atoms with Crippen molar-refractivity contribution in [3.8, 4) is 0 Å². The van der Waals surface area contributed by atoms with Crippen LogP contribution in [0.1, 0.15) is 51.0 Å². The lowest BCUT2D eigenvalue weighted by Crippen LogP contribution is -2.51. The van der Waals surface area contributed by atoms with Crippen molar-refractivity contribution in [2.24, 2.45) is 5.73 Å². The quantitative estimate of drug-likeness (QED) is 0.820. The van der Waals surface area contributed by atoms with Gasteiger partial charge in [0.15, 0.2) is 0 Å². The molecule has 1 saturated carbocycles. The molecule has 1 fully saturated rings. The average Bonchev–Trinajstić information content (AvgIpc) is 2.68. The van der Waals surface area contributed by atoms with E-state index >= 15 is 0 Å². The van der Waals surface area contributed by atoms with Crippen LogP contribution in [0.25, 0.3) is 0 Å². The van der Waals surface area contributed by atoms with Crippen LogP contribution in [0.3, 0.4) is 0 Å². The molecule has 2 nitrogen and oxygen atoms in total. The van der Waals surface area contributed by atoms with E-state index in [-0.39, 0.29) is 11.6 Å². The summed E-state index contributed by atoms with van der Waals surface area (Å²) in [5.41, 5.74) is 7.66. The molecule has 20 heavy (non-hydrogen) atoms. The molecule has 1 aromatic carbocycles. The molecule has 0 aliphatic heterocycles. The fraction of sp³-hybridized carbons (Fsp3) is 0.647. The molecule has 2 rings (SSSR count).